The van der Waals surface area contributed by atoms with Crippen LogP contribution in [0.1, 0.15) is 16.7 Å². The van der Waals surface area contributed by atoms with Gasteiger partial charge in [-0.25, -0.2) is 17.2 Å². The van der Waals surface area contributed by atoms with Crippen molar-refractivity contribution in [3.8, 4) is 22.3 Å². The molecule has 0 unspecified atom stereocenters. The third kappa shape index (κ3) is 4.00. The van der Waals surface area contributed by atoms with Crippen LogP contribution in [0.3, 0.4) is 0 Å². The highest BCUT2D eigenvalue weighted by molar-refractivity contribution is 7.89. The lowest BCUT2D eigenvalue weighted by Gasteiger charge is -2.18. The Morgan fingerprint density at radius 3 is 1.76 bits per heavy atom. The van der Waals surface area contributed by atoms with E-state index in [1.807, 2.05) is 13.0 Å². The van der Waals surface area contributed by atoms with Crippen molar-refractivity contribution in [1.29, 1.82) is 0 Å². The average molecular weight is 513 g/mol. The van der Waals surface area contributed by atoms with Crippen LogP contribution in [-0.4, -0.2) is 17.7 Å². The number of aromatic nitrogens is 1. The maximum absolute atomic E-state index is 13.8. The summed E-state index contributed by atoms with van der Waals surface area (Å²) in [4.78, 5) is 4.57. The maximum Gasteiger partial charge on any atom is 0.243 e. The first-order valence-electron chi connectivity index (χ1n) is 11.8. The molecule has 37 heavy (non-hydrogen) atoms. The summed E-state index contributed by atoms with van der Waals surface area (Å²) in [5.41, 5.74) is 5.89. The minimum absolute atomic E-state index is 0.150. The summed E-state index contributed by atoms with van der Waals surface area (Å²) in [5.74, 6) is -0.702. The fourth-order valence-corrected chi connectivity index (χ4v) is 6.49. The van der Waals surface area contributed by atoms with E-state index in [0.717, 1.165) is 49.7 Å². The second-order valence-electron chi connectivity index (χ2n) is 9.23. The molecular weight excluding hydrogens is 490 g/mol. The number of nitrogens with zero attached hydrogens (tertiary/aromatic N) is 2. The molecule has 0 bridgehead atoms. The third-order valence-electron chi connectivity index (χ3n) is 6.92. The van der Waals surface area contributed by atoms with Crippen molar-refractivity contribution in [1.82, 2.24) is 9.29 Å². The molecule has 4 nitrogen and oxygen atoms in total. The van der Waals surface area contributed by atoms with Crippen LogP contribution in [0, 0.1) is 18.6 Å². The normalized spacial score (nSPS) is 13.7. The van der Waals surface area contributed by atoms with Crippen LogP contribution >= 0.6 is 0 Å². The molecule has 0 radical (unpaired) electrons. The highest BCUT2D eigenvalue weighted by Crippen LogP contribution is 2.46. The highest BCUT2D eigenvalue weighted by atomic mass is 32.2. The average Bonchev–Trinajstić information content (AvgIpc) is 3.34. The van der Waals surface area contributed by atoms with Crippen molar-refractivity contribution in [2.24, 2.45) is 0 Å². The number of aryl methyl sites for hydroxylation is 1. The molecule has 6 rings (SSSR count). The van der Waals surface area contributed by atoms with Crippen LogP contribution in [0.5, 0.6) is 0 Å². The monoisotopic (exact) mass is 512 g/mol. The summed E-state index contributed by atoms with van der Waals surface area (Å²) in [5, 5.41) is 1.69. The molecule has 0 atom stereocenters. The van der Waals surface area contributed by atoms with E-state index >= 15 is 0 Å². The Morgan fingerprint density at radius 2 is 1.22 bits per heavy atom. The Bertz CT molecular complexity index is 1660. The first-order valence-corrected chi connectivity index (χ1v) is 13.3. The molecule has 1 aliphatic rings. The van der Waals surface area contributed by atoms with Gasteiger partial charge in [-0.1, -0.05) is 42.0 Å². The van der Waals surface area contributed by atoms with Crippen LogP contribution in [-0.2, 0) is 23.1 Å². The second-order valence-corrected chi connectivity index (χ2v) is 11.2. The van der Waals surface area contributed by atoms with Crippen molar-refractivity contribution >= 4 is 20.8 Å². The van der Waals surface area contributed by atoms with E-state index in [2.05, 4.69) is 4.98 Å². The van der Waals surface area contributed by atoms with Crippen molar-refractivity contribution < 1.29 is 17.2 Å². The minimum Gasteiger partial charge on any atom is -0.264 e. The Kier molecular flexibility index (Phi) is 5.62. The Labute approximate surface area is 213 Å². The number of halogens is 2. The molecule has 0 aliphatic carbocycles. The molecule has 0 saturated heterocycles. The largest absolute Gasteiger partial charge is 0.264 e. The van der Waals surface area contributed by atoms with Gasteiger partial charge in [-0.05, 0) is 88.2 Å². The smallest absolute Gasteiger partial charge is 0.243 e. The molecule has 1 aromatic heterocycles. The number of benzene rings is 4. The Balaban J connectivity index is 1.62. The molecule has 0 fully saturated rings. The fourth-order valence-electron chi connectivity index (χ4n) is 5.12. The molecule has 0 N–H and O–H groups in total. The zero-order valence-electron chi connectivity index (χ0n) is 19.9. The van der Waals surface area contributed by atoms with E-state index in [1.165, 1.54) is 28.6 Å². The SMILES string of the molecule is Cc1ccc(S(=O)(=O)N2Cc3c(c(-c4ccc(F)cc4)c4cnccc4c3-c3ccc(F)cc3)C2)cc1. The maximum atomic E-state index is 13.8. The van der Waals surface area contributed by atoms with E-state index in [4.69, 9.17) is 0 Å². The van der Waals surface area contributed by atoms with Crippen LogP contribution < -0.4 is 0 Å². The fraction of sp³-hybridized carbons (Fsp3) is 0.100. The molecule has 4 aromatic carbocycles. The molecule has 184 valence electrons. The van der Waals surface area contributed by atoms with Gasteiger partial charge in [-0.15, -0.1) is 0 Å². The standard InChI is InChI=1S/C30H22F2N2O2S/c1-19-2-12-24(13-3-19)37(35,36)34-17-27-28(18-34)30(21-6-10-23(32)11-7-21)26-16-33-15-14-25(26)29(27)20-4-8-22(31)9-5-20/h2-16H,17-18H2,1H3. The number of sulfonamides is 1. The summed E-state index contributed by atoms with van der Waals surface area (Å²) in [6, 6.07) is 21.1. The molecule has 0 spiro atoms. The molecule has 7 heteroatoms. The van der Waals surface area contributed by atoms with Crippen molar-refractivity contribution in [2.45, 2.75) is 24.9 Å². The molecular formula is C30H22F2N2O2S. The van der Waals surface area contributed by atoms with Crippen LogP contribution in [0.2, 0.25) is 0 Å². The predicted molar refractivity (Wildman–Crippen MR) is 140 cm³/mol. The number of rotatable bonds is 4. The van der Waals surface area contributed by atoms with Gasteiger partial charge < -0.3 is 0 Å². The summed E-state index contributed by atoms with van der Waals surface area (Å²) in [6.45, 7) is 2.22. The van der Waals surface area contributed by atoms with Gasteiger partial charge in [0.25, 0.3) is 0 Å². The van der Waals surface area contributed by atoms with E-state index in [0.29, 0.717) is 0 Å². The van der Waals surface area contributed by atoms with Gasteiger partial charge in [-0.3, -0.25) is 4.98 Å². The van der Waals surface area contributed by atoms with Crippen molar-refractivity contribution in [2.75, 3.05) is 0 Å². The second kappa shape index (κ2) is 8.87. The van der Waals surface area contributed by atoms with E-state index in [9.17, 15) is 17.2 Å². The van der Waals surface area contributed by atoms with Crippen molar-refractivity contribution in [3.05, 3.63) is 120 Å². The first kappa shape index (κ1) is 23.5. The molecule has 5 aromatic rings. The van der Waals surface area contributed by atoms with Crippen molar-refractivity contribution in [3.63, 3.8) is 0 Å². The van der Waals surface area contributed by atoms with Crippen LogP contribution in [0.25, 0.3) is 33.0 Å². The summed E-state index contributed by atoms with van der Waals surface area (Å²) >= 11 is 0. The summed E-state index contributed by atoms with van der Waals surface area (Å²) in [6.07, 6.45) is 3.43. The molecule has 0 amide bonds. The quantitative estimate of drug-likeness (QED) is 0.264. The van der Waals surface area contributed by atoms with Gasteiger partial charge in [-0.2, -0.15) is 4.31 Å². The van der Waals surface area contributed by atoms with Gasteiger partial charge in [0.2, 0.25) is 10.0 Å². The number of hydrogen-bond donors (Lipinski definition) is 0. The summed E-state index contributed by atoms with van der Waals surface area (Å²) < 4.78 is 56.5. The molecule has 1 aliphatic heterocycles. The lowest BCUT2D eigenvalue weighted by Crippen LogP contribution is -2.25. The number of fused-ring (bicyclic) bond motifs is 2. The Hall–Kier alpha value is -3.94. The summed E-state index contributed by atoms with van der Waals surface area (Å²) in [7, 11) is -3.80. The van der Waals surface area contributed by atoms with E-state index < -0.39 is 10.0 Å². The topological polar surface area (TPSA) is 50.3 Å². The zero-order chi connectivity index (χ0) is 25.7. The first-order chi connectivity index (χ1) is 17.8. The van der Waals surface area contributed by atoms with Gasteiger partial charge >= 0.3 is 0 Å². The van der Waals surface area contributed by atoms with E-state index in [-0.39, 0.29) is 29.6 Å². The lowest BCUT2D eigenvalue weighted by molar-refractivity contribution is 0.432. The minimum atomic E-state index is -3.80. The lowest BCUT2D eigenvalue weighted by atomic mass is 9.85. The van der Waals surface area contributed by atoms with E-state index in [1.54, 1.807) is 60.9 Å². The molecule has 0 saturated carbocycles. The van der Waals surface area contributed by atoms with Gasteiger partial charge in [0, 0.05) is 30.9 Å². The molecule has 2 heterocycles. The highest BCUT2D eigenvalue weighted by Gasteiger charge is 2.35. The van der Waals surface area contributed by atoms with Gasteiger partial charge in [0.1, 0.15) is 11.6 Å². The zero-order valence-corrected chi connectivity index (χ0v) is 20.8. The van der Waals surface area contributed by atoms with Gasteiger partial charge in [0.05, 0.1) is 4.90 Å². The number of pyridine rings is 1. The van der Waals surface area contributed by atoms with Crippen LogP contribution in [0.4, 0.5) is 8.78 Å². The van der Waals surface area contributed by atoms with Crippen LogP contribution in [0.15, 0.2) is 96.2 Å². The number of hydrogen-bond acceptors (Lipinski definition) is 3. The van der Waals surface area contributed by atoms with Gasteiger partial charge in [0.15, 0.2) is 0 Å². The predicted octanol–water partition coefficient (Wildman–Crippen LogP) is 6.86. The third-order valence-corrected chi connectivity index (χ3v) is 8.73. The Morgan fingerprint density at radius 1 is 0.703 bits per heavy atom.